The molecule has 0 radical (unpaired) electrons. The van der Waals surface area contributed by atoms with Crippen LogP contribution in [-0.4, -0.2) is 5.91 Å². The van der Waals surface area contributed by atoms with Gasteiger partial charge in [-0.2, -0.15) is 0 Å². The summed E-state index contributed by atoms with van der Waals surface area (Å²) in [7, 11) is 0. The minimum Gasteiger partial charge on any atom is -0.399 e. The fraction of sp³-hybridized carbons (Fsp3) is 0.0455. The Hall–Kier alpha value is -3.04. The predicted molar refractivity (Wildman–Crippen MR) is 110 cm³/mol. The topological polar surface area (TPSA) is 46.3 Å². The molecule has 0 fully saturated rings. The van der Waals surface area contributed by atoms with E-state index in [-0.39, 0.29) is 12.3 Å². The largest absolute Gasteiger partial charge is 0.399 e. The number of nitrogens with zero attached hydrogens (tertiary/aromatic N) is 1. The van der Waals surface area contributed by atoms with Crippen molar-refractivity contribution in [1.82, 2.24) is 0 Å². The third-order valence-electron chi connectivity index (χ3n) is 3.89. The van der Waals surface area contributed by atoms with Crippen LogP contribution in [0.3, 0.4) is 0 Å². The number of benzene rings is 3. The molecule has 0 aliphatic rings. The number of carbonyl (C=O) groups excluding carboxylic acids is 1. The summed E-state index contributed by atoms with van der Waals surface area (Å²) < 4.78 is 0. The highest BCUT2D eigenvalue weighted by atomic mass is 35.5. The molecule has 2 N–H and O–H groups in total. The summed E-state index contributed by atoms with van der Waals surface area (Å²) in [5, 5.41) is 0.627. The van der Waals surface area contributed by atoms with E-state index in [9.17, 15) is 4.79 Å². The lowest BCUT2D eigenvalue weighted by atomic mass is 10.1. The molecule has 3 aromatic rings. The second-order valence-electron chi connectivity index (χ2n) is 5.81. The molecule has 0 saturated heterocycles. The average Bonchev–Trinajstić information content (AvgIpc) is 2.66. The van der Waals surface area contributed by atoms with E-state index in [0.29, 0.717) is 10.7 Å². The van der Waals surface area contributed by atoms with E-state index in [1.165, 1.54) is 0 Å². The third kappa shape index (κ3) is 4.52. The normalized spacial score (nSPS) is 10.8. The highest BCUT2D eigenvalue weighted by molar-refractivity contribution is 6.30. The maximum atomic E-state index is 12.9. The highest BCUT2D eigenvalue weighted by Crippen LogP contribution is 2.28. The summed E-state index contributed by atoms with van der Waals surface area (Å²) >= 11 is 5.98. The van der Waals surface area contributed by atoms with Gasteiger partial charge in [-0.05, 0) is 54.1 Å². The number of hydrogen-bond acceptors (Lipinski definition) is 2. The molecule has 3 rings (SSSR count). The number of hydrogen-bond donors (Lipinski definition) is 1. The quantitative estimate of drug-likeness (QED) is 0.592. The molecule has 0 unspecified atom stereocenters. The van der Waals surface area contributed by atoms with Crippen LogP contribution in [-0.2, 0) is 4.79 Å². The Kier molecular flexibility index (Phi) is 5.72. The van der Waals surface area contributed by atoms with Crippen molar-refractivity contribution in [3.05, 3.63) is 95.5 Å². The number of nitrogens with two attached hydrogens (primary N) is 1. The van der Waals surface area contributed by atoms with E-state index in [2.05, 4.69) is 0 Å². The van der Waals surface area contributed by atoms with Gasteiger partial charge in [0, 0.05) is 28.5 Å². The zero-order valence-corrected chi connectivity index (χ0v) is 14.9. The van der Waals surface area contributed by atoms with Gasteiger partial charge < -0.3 is 5.73 Å². The number of nitrogen functional groups attached to an aromatic ring is 1. The predicted octanol–water partition coefficient (Wildman–Crippen LogP) is 5.69. The molecule has 26 heavy (non-hydrogen) atoms. The van der Waals surface area contributed by atoms with Gasteiger partial charge in [-0.3, -0.25) is 9.69 Å². The van der Waals surface area contributed by atoms with Gasteiger partial charge in [-0.15, -0.1) is 0 Å². The van der Waals surface area contributed by atoms with Crippen LogP contribution in [0.2, 0.25) is 5.02 Å². The van der Waals surface area contributed by atoms with E-state index >= 15 is 0 Å². The molecule has 0 atom stereocenters. The summed E-state index contributed by atoms with van der Waals surface area (Å²) in [6.45, 7) is 0. The monoisotopic (exact) mass is 362 g/mol. The molecule has 0 aliphatic carbocycles. The van der Waals surface area contributed by atoms with Crippen LogP contribution in [0, 0.1) is 0 Å². The van der Waals surface area contributed by atoms with E-state index in [1.807, 2.05) is 66.7 Å². The number of halogens is 1. The summed E-state index contributed by atoms with van der Waals surface area (Å²) in [5.41, 5.74) is 9.01. The van der Waals surface area contributed by atoms with E-state index < -0.39 is 0 Å². The summed E-state index contributed by atoms with van der Waals surface area (Å²) in [5.74, 6) is -0.0377. The van der Waals surface area contributed by atoms with Crippen LogP contribution in [0.5, 0.6) is 0 Å². The van der Waals surface area contributed by atoms with Crippen LogP contribution in [0.15, 0.2) is 84.9 Å². The molecule has 0 aliphatic heterocycles. The second kappa shape index (κ2) is 8.37. The lowest BCUT2D eigenvalue weighted by Gasteiger charge is -2.23. The van der Waals surface area contributed by atoms with Crippen LogP contribution in [0.4, 0.5) is 17.1 Å². The first-order valence-corrected chi connectivity index (χ1v) is 8.67. The fourth-order valence-electron chi connectivity index (χ4n) is 2.60. The fourth-order valence-corrected chi connectivity index (χ4v) is 2.73. The standard InChI is InChI=1S/C22H19ClN2O/c23-18-9-13-20(14-10-18)25(21-15-11-19(24)12-16-21)22(26)8-4-7-17-5-2-1-3-6-17/h1-7,9-16H,8,24H2/b7-4+. The van der Waals surface area contributed by atoms with Crippen LogP contribution in [0.1, 0.15) is 12.0 Å². The zero-order chi connectivity index (χ0) is 18.4. The van der Waals surface area contributed by atoms with Crippen LogP contribution >= 0.6 is 11.6 Å². The zero-order valence-electron chi connectivity index (χ0n) is 14.2. The Bertz CT molecular complexity index is 842. The lowest BCUT2D eigenvalue weighted by molar-refractivity contribution is -0.117. The first-order valence-electron chi connectivity index (χ1n) is 8.29. The molecule has 130 valence electrons. The molecule has 0 aromatic heterocycles. The summed E-state index contributed by atoms with van der Waals surface area (Å²) in [6.07, 6.45) is 4.10. The van der Waals surface area contributed by atoms with Crippen molar-refractivity contribution < 1.29 is 4.79 Å². The molecule has 0 bridgehead atoms. The minimum absolute atomic E-state index is 0.0377. The van der Waals surface area contributed by atoms with Crippen molar-refractivity contribution >= 4 is 40.6 Å². The Morgan fingerprint density at radius 1 is 0.885 bits per heavy atom. The first-order chi connectivity index (χ1) is 12.6. The Balaban J connectivity index is 1.84. The molecule has 4 heteroatoms. The van der Waals surface area contributed by atoms with Crippen LogP contribution in [0.25, 0.3) is 6.08 Å². The molecule has 0 heterocycles. The summed E-state index contributed by atoms with van der Waals surface area (Å²) in [6, 6.07) is 24.3. The van der Waals surface area contributed by atoms with Gasteiger partial charge in [-0.25, -0.2) is 0 Å². The van der Waals surface area contributed by atoms with Gasteiger partial charge in [0.1, 0.15) is 0 Å². The van der Waals surface area contributed by atoms with Gasteiger partial charge in [0.05, 0.1) is 0 Å². The Morgan fingerprint density at radius 3 is 2.08 bits per heavy atom. The van der Waals surface area contributed by atoms with Gasteiger partial charge >= 0.3 is 0 Å². The summed E-state index contributed by atoms with van der Waals surface area (Å²) in [4.78, 5) is 14.6. The maximum absolute atomic E-state index is 12.9. The number of rotatable bonds is 5. The van der Waals surface area contributed by atoms with Crippen molar-refractivity contribution in [2.24, 2.45) is 0 Å². The molecule has 0 spiro atoms. The molecular weight excluding hydrogens is 344 g/mol. The van der Waals surface area contributed by atoms with Crippen molar-refractivity contribution in [2.75, 3.05) is 10.6 Å². The van der Waals surface area contributed by atoms with E-state index in [4.69, 9.17) is 17.3 Å². The average molecular weight is 363 g/mol. The molecule has 1 amide bonds. The van der Waals surface area contributed by atoms with Gasteiger partial charge in [-0.1, -0.05) is 54.1 Å². The van der Waals surface area contributed by atoms with E-state index in [0.717, 1.165) is 16.9 Å². The molecule has 3 aromatic carbocycles. The molecular formula is C22H19ClN2O. The van der Waals surface area contributed by atoms with Crippen molar-refractivity contribution in [3.8, 4) is 0 Å². The molecule has 3 nitrogen and oxygen atoms in total. The SMILES string of the molecule is Nc1ccc(N(C(=O)C/C=C/c2ccccc2)c2ccc(Cl)cc2)cc1. The van der Waals surface area contributed by atoms with Gasteiger partial charge in [0.15, 0.2) is 0 Å². The Labute approximate surface area is 158 Å². The van der Waals surface area contributed by atoms with Crippen molar-refractivity contribution in [2.45, 2.75) is 6.42 Å². The lowest BCUT2D eigenvalue weighted by Crippen LogP contribution is -2.25. The smallest absolute Gasteiger partial charge is 0.235 e. The Morgan fingerprint density at radius 2 is 1.46 bits per heavy atom. The number of amides is 1. The second-order valence-corrected chi connectivity index (χ2v) is 6.25. The minimum atomic E-state index is -0.0377. The van der Waals surface area contributed by atoms with Gasteiger partial charge in [0.25, 0.3) is 0 Å². The number of carbonyl (C=O) groups is 1. The highest BCUT2D eigenvalue weighted by Gasteiger charge is 2.16. The van der Waals surface area contributed by atoms with E-state index in [1.54, 1.807) is 29.2 Å². The van der Waals surface area contributed by atoms with Crippen LogP contribution < -0.4 is 10.6 Å². The maximum Gasteiger partial charge on any atom is 0.235 e. The third-order valence-corrected chi connectivity index (χ3v) is 4.14. The van der Waals surface area contributed by atoms with Gasteiger partial charge in [0.2, 0.25) is 5.91 Å². The molecule has 0 saturated carbocycles. The number of anilines is 3. The van der Waals surface area contributed by atoms with Crippen molar-refractivity contribution in [3.63, 3.8) is 0 Å². The van der Waals surface area contributed by atoms with Crippen molar-refractivity contribution in [1.29, 1.82) is 0 Å². The first kappa shape index (κ1) is 17.8.